The second kappa shape index (κ2) is 11.6. The van der Waals surface area contributed by atoms with Crippen LogP contribution in [0.25, 0.3) is 0 Å². The average molecular weight is 534 g/mol. The van der Waals surface area contributed by atoms with Gasteiger partial charge in [0, 0.05) is 24.4 Å². The molecular weight excluding hydrogens is 501 g/mol. The highest BCUT2D eigenvalue weighted by Crippen LogP contribution is 2.45. The lowest BCUT2D eigenvalue weighted by molar-refractivity contribution is -0.141. The third-order valence-electron chi connectivity index (χ3n) is 7.48. The first kappa shape index (κ1) is 26.2. The Morgan fingerprint density at radius 2 is 1.79 bits per heavy atom. The molecule has 198 valence electrons. The Morgan fingerprint density at radius 1 is 1.08 bits per heavy atom. The van der Waals surface area contributed by atoms with E-state index in [4.69, 9.17) is 4.74 Å². The zero-order chi connectivity index (χ0) is 26.6. The molecule has 0 radical (unpaired) electrons. The van der Waals surface area contributed by atoms with E-state index in [2.05, 4.69) is 4.99 Å². The molecule has 3 aliphatic rings. The Hall–Kier alpha value is -3.39. The third-order valence-corrected chi connectivity index (χ3v) is 8.37. The van der Waals surface area contributed by atoms with Crippen molar-refractivity contribution in [2.45, 2.75) is 64.1 Å². The number of nitrogens with zero attached hydrogens (tertiary/aromatic N) is 3. The number of amidine groups is 1. The second-order valence-electron chi connectivity index (χ2n) is 9.95. The summed E-state index contributed by atoms with van der Waals surface area (Å²) >= 11 is 1.39. The van der Waals surface area contributed by atoms with Crippen LogP contribution in [0.1, 0.15) is 62.6 Å². The summed E-state index contributed by atoms with van der Waals surface area (Å²) in [6.45, 7) is 1.84. The summed E-state index contributed by atoms with van der Waals surface area (Å²) < 4.78 is 21.0. The van der Waals surface area contributed by atoms with Gasteiger partial charge >= 0.3 is 5.97 Å². The number of thioether (sulfide) groups is 1. The number of aliphatic imine (C=N–C) groups is 1. The summed E-state index contributed by atoms with van der Waals surface area (Å²) in [5, 5.41) is 2.52. The molecule has 0 spiro atoms. The fourth-order valence-corrected chi connectivity index (χ4v) is 6.34. The second-order valence-corrected chi connectivity index (χ2v) is 10.8. The van der Waals surface area contributed by atoms with Crippen molar-refractivity contribution in [3.05, 3.63) is 93.9 Å². The minimum absolute atomic E-state index is 0.0109. The van der Waals surface area contributed by atoms with Gasteiger partial charge in [-0.2, -0.15) is 0 Å². The zero-order valence-electron chi connectivity index (χ0n) is 21.7. The first-order valence-corrected chi connectivity index (χ1v) is 14.0. The number of fused-ring (bicyclic) bond motifs is 1. The number of allylic oxidation sites excluding steroid dienone is 1. The number of carbonyl (C=O) groups is 2. The van der Waals surface area contributed by atoms with Crippen LogP contribution < -0.4 is 0 Å². The van der Waals surface area contributed by atoms with Gasteiger partial charge in [0.15, 0.2) is 5.17 Å². The fraction of sp³-hybridized carbons (Fsp3) is 0.367. The fourth-order valence-electron chi connectivity index (χ4n) is 5.37. The number of carbonyl (C=O) groups excluding carboxylic acids is 2. The summed E-state index contributed by atoms with van der Waals surface area (Å²) in [6.07, 6.45) is 5.67. The zero-order valence-corrected chi connectivity index (χ0v) is 22.5. The van der Waals surface area contributed by atoms with Crippen LogP contribution in [0.5, 0.6) is 0 Å². The predicted molar refractivity (Wildman–Crippen MR) is 147 cm³/mol. The lowest BCUT2D eigenvalue weighted by atomic mass is 9.93. The van der Waals surface area contributed by atoms with Crippen molar-refractivity contribution in [3.63, 3.8) is 0 Å². The molecule has 38 heavy (non-hydrogen) atoms. The Kier molecular flexibility index (Phi) is 7.98. The molecule has 1 aliphatic carbocycles. The molecule has 6 nitrogen and oxygen atoms in total. The molecule has 2 heterocycles. The molecule has 5 rings (SSSR count). The number of esters is 1. The van der Waals surface area contributed by atoms with Crippen LogP contribution in [0.4, 0.5) is 4.39 Å². The molecule has 1 saturated carbocycles. The lowest BCUT2D eigenvalue weighted by Gasteiger charge is -2.37. The Morgan fingerprint density at radius 3 is 2.53 bits per heavy atom. The predicted octanol–water partition coefficient (Wildman–Crippen LogP) is 6.33. The van der Waals surface area contributed by atoms with Crippen molar-refractivity contribution < 1.29 is 18.7 Å². The van der Waals surface area contributed by atoms with Crippen molar-refractivity contribution in [2.24, 2.45) is 4.99 Å². The number of ether oxygens (including phenoxy) is 1. The molecule has 8 heteroatoms. The molecule has 1 amide bonds. The molecule has 0 N–H and O–H groups in total. The molecule has 2 aliphatic heterocycles. The Labute approximate surface area is 227 Å². The van der Waals surface area contributed by atoms with Crippen molar-refractivity contribution in [1.29, 1.82) is 0 Å². The highest BCUT2D eigenvalue weighted by Gasteiger charge is 2.42. The lowest BCUT2D eigenvalue weighted by Crippen LogP contribution is -2.41. The quantitative estimate of drug-likeness (QED) is 0.390. The van der Waals surface area contributed by atoms with Gasteiger partial charge in [-0.25, -0.2) is 14.2 Å². The van der Waals surface area contributed by atoms with Gasteiger partial charge in [0.05, 0.1) is 23.7 Å². The van der Waals surface area contributed by atoms with Crippen LogP contribution in [0.15, 0.2) is 82.0 Å². The first-order chi connectivity index (χ1) is 18.4. The molecule has 0 bridgehead atoms. The van der Waals surface area contributed by atoms with E-state index in [9.17, 15) is 9.59 Å². The third kappa shape index (κ3) is 5.41. The summed E-state index contributed by atoms with van der Waals surface area (Å²) in [5.74, 6) is -0.970. The monoisotopic (exact) mass is 533 g/mol. The maximum atomic E-state index is 15.3. The van der Waals surface area contributed by atoms with Crippen LogP contribution >= 0.6 is 11.8 Å². The summed E-state index contributed by atoms with van der Waals surface area (Å²) in [4.78, 5) is 35.2. The van der Waals surface area contributed by atoms with Crippen LogP contribution in [0.3, 0.4) is 0 Å². The van der Waals surface area contributed by atoms with E-state index in [1.807, 2.05) is 52.6 Å². The summed E-state index contributed by atoms with van der Waals surface area (Å²) in [7, 11) is 1.87. The van der Waals surface area contributed by atoms with Gasteiger partial charge < -0.3 is 14.5 Å². The van der Waals surface area contributed by atoms with Crippen molar-refractivity contribution in [2.75, 3.05) is 7.05 Å². The standard InChI is InChI=1S/C30H32FN3O3S/c1-20-27(29(36)37-18-21-11-5-3-6-12-21)28(24-15-9-10-16-25(24)31)34-23(19-38-30(34)32-20)17-26(35)33(2)22-13-7-4-8-14-22/h3,5-6,9-12,15-16,19,22,28H,4,7-8,13-14,17-18H2,1-2H3. The van der Waals surface area contributed by atoms with Crippen molar-refractivity contribution in [3.8, 4) is 0 Å². The maximum absolute atomic E-state index is 15.3. The smallest absolute Gasteiger partial charge is 0.338 e. The van der Waals surface area contributed by atoms with Gasteiger partial charge in [-0.15, -0.1) is 0 Å². The number of hydrogen-bond acceptors (Lipinski definition) is 6. The van der Waals surface area contributed by atoms with Crippen molar-refractivity contribution in [1.82, 2.24) is 9.80 Å². The van der Waals surface area contributed by atoms with Crippen LogP contribution in [-0.4, -0.2) is 39.9 Å². The van der Waals surface area contributed by atoms with Gasteiger partial charge in [0.25, 0.3) is 0 Å². The Bertz CT molecular complexity index is 1300. The topological polar surface area (TPSA) is 62.2 Å². The minimum Gasteiger partial charge on any atom is -0.457 e. The Balaban J connectivity index is 1.44. The van der Waals surface area contributed by atoms with E-state index >= 15 is 4.39 Å². The molecule has 0 saturated heterocycles. The van der Waals surface area contributed by atoms with Crippen LogP contribution in [-0.2, 0) is 20.9 Å². The molecule has 1 atom stereocenters. The molecule has 2 aromatic carbocycles. The normalized spacial score (nSPS) is 19.6. The minimum atomic E-state index is -0.791. The molecule has 1 fully saturated rings. The maximum Gasteiger partial charge on any atom is 0.338 e. The van der Waals surface area contributed by atoms with E-state index in [1.54, 1.807) is 25.1 Å². The first-order valence-electron chi connectivity index (χ1n) is 13.1. The van der Waals surface area contributed by atoms with Gasteiger partial charge in [0.1, 0.15) is 12.4 Å². The molecule has 1 unspecified atom stereocenters. The number of hydrogen-bond donors (Lipinski definition) is 0. The van der Waals surface area contributed by atoms with Gasteiger partial charge in [-0.1, -0.05) is 79.6 Å². The van der Waals surface area contributed by atoms with Gasteiger partial charge in [-0.05, 0) is 36.8 Å². The van der Waals surface area contributed by atoms with E-state index in [-0.39, 0.29) is 30.5 Å². The van der Waals surface area contributed by atoms with Gasteiger partial charge in [0.2, 0.25) is 5.91 Å². The molecule has 0 aromatic heterocycles. The summed E-state index contributed by atoms with van der Waals surface area (Å²) in [5.41, 5.74) is 2.66. The van der Waals surface area contributed by atoms with Crippen LogP contribution in [0, 0.1) is 5.82 Å². The van der Waals surface area contributed by atoms with Crippen LogP contribution in [0.2, 0.25) is 0 Å². The largest absolute Gasteiger partial charge is 0.457 e. The number of benzene rings is 2. The average Bonchev–Trinajstić information content (AvgIpc) is 3.33. The number of amides is 1. The van der Waals surface area contributed by atoms with E-state index in [1.165, 1.54) is 24.2 Å². The number of halogens is 1. The van der Waals surface area contributed by atoms with Crippen molar-refractivity contribution >= 4 is 28.8 Å². The molecular formula is C30H32FN3O3S. The molecule has 2 aromatic rings. The summed E-state index contributed by atoms with van der Waals surface area (Å²) in [6, 6.07) is 15.3. The number of rotatable bonds is 7. The highest BCUT2D eigenvalue weighted by molar-refractivity contribution is 8.16. The SMILES string of the molecule is CC1=C(C(=O)OCc2ccccc2)C(c2ccccc2F)N2C(CC(=O)N(C)C3CCCCC3)=CSC2=N1. The van der Waals surface area contributed by atoms with E-state index < -0.39 is 17.8 Å². The van der Waals surface area contributed by atoms with E-state index in [0.29, 0.717) is 22.1 Å². The van der Waals surface area contributed by atoms with Gasteiger partial charge in [-0.3, -0.25) is 4.79 Å². The van der Waals surface area contributed by atoms with E-state index in [0.717, 1.165) is 31.2 Å². The highest BCUT2D eigenvalue weighted by atomic mass is 32.2.